The van der Waals surface area contributed by atoms with Crippen molar-refractivity contribution in [3.05, 3.63) is 40.2 Å². The number of aromatic nitrogens is 1. The van der Waals surface area contributed by atoms with E-state index in [0.717, 1.165) is 12.8 Å². The second-order valence-electron chi connectivity index (χ2n) is 5.92. The fourth-order valence-electron chi connectivity index (χ4n) is 3.33. The molecule has 0 aliphatic carbocycles. The number of nitrogens with zero attached hydrogens (tertiary/aromatic N) is 1. The quantitative estimate of drug-likeness (QED) is 0.831. The number of H-pyrrole nitrogens is 1. The third kappa shape index (κ3) is 2.92. The zero-order chi connectivity index (χ0) is 16.8. The zero-order valence-corrected chi connectivity index (χ0v) is 13.2. The molecule has 0 radical (unpaired) electrons. The molecule has 2 heterocycles. The van der Waals surface area contributed by atoms with Crippen LogP contribution in [0.5, 0.6) is 0 Å². The van der Waals surface area contributed by atoms with Gasteiger partial charge in [-0.25, -0.2) is 0 Å². The van der Waals surface area contributed by atoms with Gasteiger partial charge in [0.05, 0.1) is 5.56 Å². The number of hydrogen-bond donors (Lipinski definition) is 1. The predicted octanol–water partition coefficient (Wildman–Crippen LogP) is 4.14. The summed E-state index contributed by atoms with van der Waals surface area (Å²) in [7, 11) is 0. The van der Waals surface area contributed by atoms with Crippen LogP contribution in [0.2, 0.25) is 0 Å². The Morgan fingerprint density at radius 3 is 2.70 bits per heavy atom. The Kier molecular flexibility index (Phi) is 4.04. The normalized spacial score (nSPS) is 22.0. The summed E-state index contributed by atoms with van der Waals surface area (Å²) >= 11 is 5.99. The average molecular weight is 345 g/mol. The van der Waals surface area contributed by atoms with Gasteiger partial charge >= 0.3 is 6.18 Å². The molecule has 23 heavy (non-hydrogen) atoms. The Hall–Kier alpha value is -1.69. The Bertz CT molecular complexity index is 787. The second-order valence-corrected chi connectivity index (χ2v) is 6.23. The highest BCUT2D eigenvalue weighted by atomic mass is 35.5. The highest BCUT2D eigenvalue weighted by Gasteiger charge is 2.34. The first-order valence-corrected chi connectivity index (χ1v) is 7.93. The molecule has 2 atom stereocenters. The van der Waals surface area contributed by atoms with E-state index in [1.54, 1.807) is 6.07 Å². The van der Waals surface area contributed by atoms with Crippen LogP contribution in [0.4, 0.5) is 18.9 Å². The first-order chi connectivity index (χ1) is 10.8. The molecule has 0 bridgehead atoms. The van der Waals surface area contributed by atoms with Crippen LogP contribution in [0.15, 0.2) is 29.1 Å². The summed E-state index contributed by atoms with van der Waals surface area (Å²) in [6.07, 6.45) is -2.71. The maximum Gasteiger partial charge on any atom is 0.417 e. The first-order valence-electron chi connectivity index (χ1n) is 7.40. The number of aromatic amines is 1. The van der Waals surface area contributed by atoms with Gasteiger partial charge in [0.2, 0.25) is 5.56 Å². The van der Waals surface area contributed by atoms with Gasteiger partial charge in [0.1, 0.15) is 0 Å². The van der Waals surface area contributed by atoms with E-state index in [9.17, 15) is 18.0 Å². The molecule has 1 aliphatic heterocycles. The first kappa shape index (κ1) is 16.2. The summed E-state index contributed by atoms with van der Waals surface area (Å²) in [6, 6.07) is 5.69. The lowest BCUT2D eigenvalue weighted by Crippen LogP contribution is -2.35. The van der Waals surface area contributed by atoms with Gasteiger partial charge in [-0.15, -0.1) is 11.6 Å². The number of benzene rings is 1. The van der Waals surface area contributed by atoms with Crippen molar-refractivity contribution < 1.29 is 13.2 Å². The number of fused-ring (bicyclic) bond motifs is 1. The molecule has 3 rings (SSSR count). The zero-order valence-electron chi connectivity index (χ0n) is 12.5. The van der Waals surface area contributed by atoms with Crippen molar-refractivity contribution in [1.29, 1.82) is 0 Å². The molecular weight excluding hydrogens is 329 g/mol. The Morgan fingerprint density at radius 1 is 1.30 bits per heavy atom. The molecule has 1 N–H and O–H groups in total. The van der Waals surface area contributed by atoms with E-state index in [0.29, 0.717) is 17.6 Å². The van der Waals surface area contributed by atoms with Crippen molar-refractivity contribution >= 4 is 28.2 Å². The Labute approximate surface area is 136 Å². The fourth-order valence-corrected chi connectivity index (χ4v) is 3.63. The molecular formula is C16H16ClF3N2O. The van der Waals surface area contributed by atoms with E-state index in [4.69, 9.17) is 11.6 Å². The van der Waals surface area contributed by atoms with Crippen LogP contribution in [-0.2, 0) is 6.18 Å². The van der Waals surface area contributed by atoms with E-state index < -0.39 is 17.3 Å². The molecule has 1 aliphatic rings. The molecule has 7 heteroatoms. The lowest BCUT2D eigenvalue weighted by atomic mass is 10.1. The van der Waals surface area contributed by atoms with Gasteiger partial charge in [0, 0.05) is 40.6 Å². The minimum atomic E-state index is -4.58. The van der Waals surface area contributed by atoms with E-state index >= 15 is 0 Å². The monoisotopic (exact) mass is 344 g/mol. The molecule has 0 amide bonds. The topological polar surface area (TPSA) is 36.1 Å². The van der Waals surface area contributed by atoms with Crippen LogP contribution in [-0.4, -0.2) is 22.9 Å². The van der Waals surface area contributed by atoms with Crippen molar-refractivity contribution in [2.45, 2.75) is 38.0 Å². The lowest BCUT2D eigenvalue weighted by molar-refractivity contribution is -0.136. The average Bonchev–Trinajstić information content (AvgIpc) is 2.86. The molecule has 1 aromatic heterocycles. The van der Waals surface area contributed by atoms with Gasteiger partial charge in [-0.05, 0) is 38.0 Å². The number of halogens is 4. The molecule has 0 spiro atoms. The number of anilines is 1. The highest BCUT2D eigenvalue weighted by Crippen LogP contribution is 2.37. The Balaban J connectivity index is 2.18. The van der Waals surface area contributed by atoms with E-state index in [2.05, 4.69) is 9.88 Å². The maximum atomic E-state index is 13.2. The summed E-state index contributed by atoms with van der Waals surface area (Å²) in [4.78, 5) is 16.0. The van der Waals surface area contributed by atoms with E-state index in [-0.39, 0.29) is 23.0 Å². The van der Waals surface area contributed by atoms with Crippen LogP contribution in [0.25, 0.3) is 10.9 Å². The molecule has 0 unspecified atom stereocenters. The van der Waals surface area contributed by atoms with E-state index in [1.807, 2.05) is 6.92 Å². The number of alkyl halides is 4. The van der Waals surface area contributed by atoms with Gasteiger partial charge in [0.25, 0.3) is 0 Å². The summed E-state index contributed by atoms with van der Waals surface area (Å²) in [5.41, 5.74) is -0.785. The smallest absolute Gasteiger partial charge is 0.365 e. The van der Waals surface area contributed by atoms with Gasteiger partial charge in [0.15, 0.2) is 0 Å². The van der Waals surface area contributed by atoms with Crippen LogP contribution in [0.1, 0.15) is 25.3 Å². The second kappa shape index (κ2) is 5.74. The van der Waals surface area contributed by atoms with Crippen molar-refractivity contribution in [1.82, 2.24) is 4.98 Å². The van der Waals surface area contributed by atoms with Gasteiger partial charge in [-0.1, -0.05) is 0 Å². The molecule has 124 valence electrons. The lowest BCUT2D eigenvalue weighted by Gasteiger charge is -2.30. The molecule has 2 aromatic rings. The minimum absolute atomic E-state index is 0.00187. The standard InChI is InChI=1S/C16H16ClF3N2O/c1-9-2-3-11(8-17)22(9)10-4-5-14-12(6-10)13(16(18,19)20)7-15(23)21-14/h4-7,9,11H,2-3,8H2,1H3,(H,21,23)/t9-,11+/m0/s1. The van der Waals surface area contributed by atoms with Gasteiger partial charge < -0.3 is 9.88 Å². The van der Waals surface area contributed by atoms with Crippen LogP contribution in [0, 0.1) is 0 Å². The molecule has 1 saturated heterocycles. The molecule has 3 nitrogen and oxygen atoms in total. The number of nitrogens with one attached hydrogen (secondary N) is 1. The Morgan fingerprint density at radius 2 is 2.04 bits per heavy atom. The van der Waals surface area contributed by atoms with Gasteiger partial charge in [-0.2, -0.15) is 13.2 Å². The highest BCUT2D eigenvalue weighted by molar-refractivity contribution is 6.18. The van der Waals surface area contributed by atoms with Crippen molar-refractivity contribution in [3.63, 3.8) is 0 Å². The molecule has 1 fully saturated rings. The summed E-state index contributed by atoms with van der Waals surface area (Å²) in [5, 5.41) is 0.00187. The summed E-state index contributed by atoms with van der Waals surface area (Å²) in [5.74, 6) is 0.431. The van der Waals surface area contributed by atoms with E-state index in [1.165, 1.54) is 12.1 Å². The maximum absolute atomic E-state index is 13.2. The summed E-state index contributed by atoms with van der Waals surface area (Å²) in [6.45, 7) is 2.04. The summed E-state index contributed by atoms with van der Waals surface area (Å²) < 4.78 is 39.7. The number of pyridine rings is 1. The molecule has 1 aromatic carbocycles. The predicted molar refractivity (Wildman–Crippen MR) is 85.3 cm³/mol. The fraction of sp³-hybridized carbons (Fsp3) is 0.438. The minimum Gasteiger partial charge on any atom is -0.365 e. The molecule has 0 saturated carbocycles. The number of rotatable bonds is 2. The van der Waals surface area contributed by atoms with Gasteiger partial charge in [-0.3, -0.25) is 4.79 Å². The third-order valence-corrected chi connectivity index (χ3v) is 4.75. The number of hydrogen-bond acceptors (Lipinski definition) is 2. The van der Waals surface area contributed by atoms with Crippen LogP contribution < -0.4 is 10.5 Å². The third-order valence-electron chi connectivity index (χ3n) is 4.39. The largest absolute Gasteiger partial charge is 0.417 e. The van der Waals surface area contributed by atoms with Crippen molar-refractivity contribution in [2.24, 2.45) is 0 Å². The SMILES string of the molecule is C[C@H]1CC[C@H](CCl)N1c1ccc2[nH]c(=O)cc(C(F)(F)F)c2c1. The van der Waals surface area contributed by atoms with Crippen LogP contribution in [0.3, 0.4) is 0 Å². The van der Waals surface area contributed by atoms with Crippen molar-refractivity contribution in [3.8, 4) is 0 Å². The van der Waals surface area contributed by atoms with Crippen molar-refractivity contribution in [2.75, 3.05) is 10.8 Å². The van der Waals surface area contributed by atoms with Crippen LogP contribution >= 0.6 is 11.6 Å².